The average Bonchev–Trinajstić information content (AvgIpc) is 2.26. The summed E-state index contributed by atoms with van der Waals surface area (Å²) in [7, 11) is 0. The van der Waals surface area contributed by atoms with Gasteiger partial charge in [0.2, 0.25) is 0 Å². The lowest BCUT2D eigenvalue weighted by Crippen LogP contribution is -2.55. The summed E-state index contributed by atoms with van der Waals surface area (Å²) in [5, 5.41) is 12.2. The fourth-order valence-corrected chi connectivity index (χ4v) is 3.06. The molecule has 1 atom stereocenters. The normalized spacial score (nSPS) is 27.9. The van der Waals surface area contributed by atoms with Crippen LogP contribution in [0.2, 0.25) is 0 Å². The molecule has 1 fully saturated rings. The molecule has 14 heavy (non-hydrogen) atoms. The van der Waals surface area contributed by atoms with Crippen molar-refractivity contribution in [2.24, 2.45) is 5.73 Å². The number of rotatable bonds is 6. The second kappa shape index (κ2) is 6.67. The lowest BCUT2D eigenvalue weighted by Gasteiger charge is -2.37. The van der Waals surface area contributed by atoms with Crippen LogP contribution in [-0.2, 0) is 0 Å². The van der Waals surface area contributed by atoms with Crippen LogP contribution in [-0.4, -0.2) is 41.8 Å². The van der Waals surface area contributed by atoms with Crippen molar-refractivity contribution in [3.05, 3.63) is 0 Å². The molecule has 0 bridgehead atoms. The molecule has 1 saturated heterocycles. The number of hydrogen-bond donors (Lipinski definition) is 3. The molecule has 0 aliphatic carbocycles. The maximum atomic E-state index is 8.67. The molecular formula is C10H22N2OS. The van der Waals surface area contributed by atoms with Gasteiger partial charge in [-0.3, -0.25) is 0 Å². The van der Waals surface area contributed by atoms with Gasteiger partial charge >= 0.3 is 0 Å². The number of thioether (sulfide) groups is 1. The SMILES string of the molecule is NCC1(NCCCCO)CCCSC1. The van der Waals surface area contributed by atoms with Crippen LogP contribution in [0, 0.1) is 0 Å². The first-order valence-electron chi connectivity index (χ1n) is 5.47. The van der Waals surface area contributed by atoms with Crippen molar-refractivity contribution in [2.75, 3.05) is 31.2 Å². The van der Waals surface area contributed by atoms with E-state index < -0.39 is 0 Å². The van der Waals surface area contributed by atoms with Crippen molar-refractivity contribution in [1.82, 2.24) is 5.32 Å². The highest BCUT2D eigenvalue weighted by Gasteiger charge is 2.29. The van der Waals surface area contributed by atoms with Gasteiger partial charge in [-0.2, -0.15) is 11.8 Å². The Morgan fingerprint density at radius 2 is 2.29 bits per heavy atom. The van der Waals surface area contributed by atoms with E-state index >= 15 is 0 Å². The van der Waals surface area contributed by atoms with Crippen LogP contribution in [0.3, 0.4) is 0 Å². The Morgan fingerprint density at radius 1 is 1.43 bits per heavy atom. The topological polar surface area (TPSA) is 58.3 Å². The summed E-state index contributed by atoms with van der Waals surface area (Å²) in [6.07, 6.45) is 4.41. The van der Waals surface area contributed by atoms with Gasteiger partial charge in [-0.15, -0.1) is 0 Å². The van der Waals surface area contributed by atoms with Gasteiger partial charge in [0.15, 0.2) is 0 Å². The Morgan fingerprint density at radius 3 is 2.86 bits per heavy atom. The van der Waals surface area contributed by atoms with Gasteiger partial charge in [0.25, 0.3) is 0 Å². The second-order valence-corrected chi connectivity index (χ2v) is 5.10. The minimum atomic E-state index is 0.179. The number of aliphatic hydroxyl groups excluding tert-OH is 1. The van der Waals surface area contributed by atoms with Gasteiger partial charge in [-0.1, -0.05) is 0 Å². The largest absolute Gasteiger partial charge is 0.396 e. The molecule has 1 unspecified atom stereocenters. The Labute approximate surface area is 90.8 Å². The van der Waals surface area contributed by atoms with Crippen LogP contribution in [0.25, 0.3) is 0 Å². The molecule has 1 aliphatic rings. The standard InChI is InChI=1S/C10H22N2OS/c11-8-10(4-3-7-14-9-10)12-5-1-2-6-13/h12-13H,1-9,11H2. The smallest absolute Gasteiger partial charge is 0.0431 e. The Hall–Kier alpha value is 0.230. The van der Waals surface area contributed by atoms with Gasteiger partial charge in [0.1, 0.15) is 0 Å². The quantitative estimate of drug-likeness (QED) is 0.571. The first-order valence-corrected chi connectivity index (χ1v) is 6.62. The Bertz CT molecular complexity index is 149. The summed E-state index contributed by atoms with van der Waals surface area (Å²) in [6, 6.07) is 0. The second-order valence-electron chi connectivity index (χ2n) is 4.00. The van der Waals surface area contributed by atoms with E-state index in [4.69, 9.17) is 10.8 Å². The van der Waals surface area contributed by atoms with E-state index in [2.05, 4.69) is 5.32 Å². The number of unbranched alkanes of at least 4 members (excludes halogenated alkanes) is 1. The van der Waals surface area contributed by atoms with Gasteiger partial charge in [-0.05, 0) is 38.0 Å². The van der Waals surface area contributed by atoms with Crippen LogP contribution in [0.15, 0.2) is 0 Å². The number of hydrogen-bond acceptors (Lipinski definition) is 4. The summed E-state index contributed by atoms with van der Waals surface area (Å²) < 4.78 is 0. The van der Waals surface area contributed by atoms with Crippen LogP contribution < -0.4 is 11.1 Å². The van der Waals surface area contributed by atoms with Crippen molar-refractivity contribution in [2.45, 2.75) is 31.2 Å². The van der Waals surface area contributed by atoms with E-state index in [1.54, 1.807) is 0 Å². The van der Waals surface area contributed by atoms with E-state index in [1.807, 2.05) is 11.8 Å². The van der Waals surface area contributed by atoms with Crippen molar-refractivity contribution in [3.8, 4) is 0 Å². The molecule has 4 heteroatoms. The molecule has 0 aromatic rings. The molecule has 4 N–H and O–H groups in total. The zero-order valence-corrected chi connectivity index (χ0v) is 9.61. The van der Waals surface area contributed by atoms with Gasteiger partial charge in [0, 0.05) is 24.4 Å². The molecular weight excluding hydrogens is 196 g/mol. The minimum absolute atomic E-state index is 0.179. The van der Waals surface area contributed by atoms with E-state index in [9.17, 15) is 0 Å². The molecule has 84 valence electrons. The highest BCUT2D eigenvalue weighted by Crippen LogP contribution is 2.25. The first kappa shape index (κ1) is 12.3. The highest BCUT2D eigenvalue weighted by molar-refractivity contribution is 7.99. The molecule has 0 aromatic heterocycles. The summed E-state index contributed by atoms with van der Waals surface area (Å²) >= 11 is 2.00. The fourth-order valence-electron chi connectivity index (χ4n) is 1.82. The first-order chi connectivity index (χ1) is 6.83. The summed E-state index contributed by atoms with van der Waals surface area (Å²) in [6.45, 7) is 2.02. The molecule has 0 amide bonds. The summed E-state index contributed by atoms with van der Waals surface area (Å²) in [4.78, 5) is 0. The number of nitrogens with two attached hydrogens (primary N) is 1. The molecule has 0 radical (unpaired) electrons. The van der Waals surface area contributed by atoms with Crippen molar-refractivity contribution in [1.29, 1.82) is 0 Å². The third-order valence-electron chi connectivity index (χ3n) is 2.80. The van der Waals surface area contributed by atoms with Crippen LogP contribution in [0.5, 0.6) is 0 Å². The van der Waals surface area contributed by atoms with E-state index in [0.717, 1.165) is 31.7 Å². The maximum absolute atomic E-state index is 8.67. The summed E-state index contributed by atoms with van der Waals surface area (Å²) in [5.41, 5.74) is 6.01. The van der Waals surface area contributed by atoms with Crippen molar-refractivity contribution < 1.29 is 5.11 Å². The van der Waals surface area contributed by atoms with Gasteiger partial charge in [-0.25, -0.2) is 0 Å². The molecule has 0 aromatic carbocycles. The Balaban J connectivity index is 2.22. The molecule has 1 rings (SSSR count). The van der Waals surface area contributed by atoms with Crippen molar-refractivity contribution >= 4 is 11.8 Å². The van der Waals surface area contributed by atoms with Crippen LogP contribution in [0.1, 0.15) is 25.7 Å². The van der Waals surface area contributed by atoms with Gasteiger partial charge < -0.3 is 16.2 Å². The third-order valence-corrected chi connectivity index (χ3v) is 4.13. The number of aliphatic hydroxyl groups is 1. The molecule has 0 saturated carbocycles. The van der Waals surface area contributed by atoms with Crippen molar-refractivity contribution in [3.63, 3.8) is 0 Å². The monoisotopic (exact) mass is 218 g/mol. The predicted octanol–water partition coefficient (Wildman–Crippen LogP) is 0.573. The van der Waals surface area contributed by atoms with E-state index in [-0.39, 0.29) is 5.54 Å². The molecule has 1 aliphatic heterocycles. The predicted molar refractivity (Wildman–Crippen MR) is 62.7 cm³/mol. The zero-order chi connectivity index (χ0) is 10.3. The summed E-state index contributed by atoms with van der Waals surface area (Å²) in [5.74, 6) is 2.42. The van der Waals surface area contributed by atoms with Crippen LogP contribution in [0.4, 0.5) is 0 Å². The average molecular weight is 218 g/mol. The molecule has 0 spiro atoms. The highest BCUT2D eigenvalue weighted by atomic mass is 32.2. The maximum Gasteiger partial charge on any atom is 0.0431 e. The van der Waals surface area contributed by atoms with Gasteiger partial charge in [0.05, 0.1) is 0 Å². The lowest BCUT2D eigenvalue weighted by atomic mass is 9.95. The minimum Gasteiger partial charge on any atom is -0.396 e. The third kappa shape index (κ3) is 3.77. The Kier molecular flexibility index (Phi) is 5.86. The zero-order valence-electron chi connectivity index (χ0n) is 8.80. The molecule has 3 nitrogen and oxygen atoms in total. The van der Waals surface area contributed by atoms with E-state index in [1.165, 1.54) is 18.6 Å². The lowest BCUT2D eigenvalue weighted by molar-refractivity contribution is 0.275. The molecule has 1 heterocycles. The number of nitrogens with one attached hydrogen (secondary N) is 1. The fraction of sp³-hybridized carbons (Fsp3) is 1.00. The van der Waals surface area contributed by atoms with E-state index in [0.29, 0.717) is 6.61 Å². The van der Waals surface area contributed by atoms with Crippen LogP contribution >= 0.6 is 11.8 Å².